The Morgan fingerprint density at radius 3 is 1.77 bits per heavy atom. The van der Waals surface area contributed by atoms with Crippen LogP contribution in [0.3, 0.4) is 0 Å². The van der Waals surface area contributed by atoms with Gasteiger partial charge in [-0.1, -0.05) is 120 Å². The van der Waals surface area contributed by atoms with E-state index in [9.17, 15) is 44.0 Å². The highest BCUT2D eigenvalue weighted by atomic mass is 31.2. The number of hydrogen-bond acceptors (Lipinski definition) is 14. The number of allylic oxidation sites excluding steroid dienone is 7. The quantitative estimate of drug-likeness (QED) is 0.0104. The van der Waals surface area contributed by atoms with E-state index in [1.165, 1.54) is 44.9 Å². The maximum Gasteiger partial charge on any atom is 0.472 e. The average Bonchev–Trinajstić information content (AvgIpc) is 4.00. The number of carbonyl (C=O) groups excluding carboxylic acids is 2. The van der Waals surface area contributed by atoms with Gasteiger partial charge in [0.25, 0.3) is 0 Å². The number of rotatable bonds is 37. The second kappa shape index (κ2) is 33.4. The first-order valence-corrected chi connectivity index (χ1v) is 26.3. The van der Waals surface area contributed by atoms with Crippen molar-refractivity contribution in [3.63, 3.8) is 0 Å². The number of carbonyl (C=O) groups is 2. The molecule has 0 radical (unpaired) electrons. The van der Waals surface area contributed by atoms with Crippen molar-refractivity contribution in [1.29, 1.82) is 0 Å². The Kier molecular flexibility index (Phi) is 30.3. The van der Waals surface area contributed by atoms with Crippen LogP contribution in [0.2, 0.25) is 0 Å². The van der Waals surface area contributed by atoms with Gasteiger partial charge >= 0.3 is 27.6 Å². The molecule has 7 N–H and O–H groups in total. The largest absolute Gasteiger partial charge is 0.472 e. The minimum absolute atomic E-state index is 0.0186. The van der Waals surface area contributed by atoms with Gasteiger partial charge in [0.1, 0.15) is 43.2 Å². The fourth-order valence-electron chi connectivity index (χ4n) is 7.05. The van der Waals surface area contributed by atoms with E-state index < -0.39 is 83.5 Å². The van der Waals surface area contributed by atoms with Gasteiger partial charge in [0.05, 0.1) is 18.8 Å². The molecule has 1 heterocycles. The van der Waals surface area contributed by atoms with Gasteiger partial charge in [-0.15, -0.1) is 0 Å². The summed E-state index contributed by atoms with van der Waals surface area (Å²) in [7, 11) is -10.7. The highest BCUT2D eigenvalue weighted by molar-refractivity contribution is 7.47. The number of unbranched alkanes of at least 4 members (excludes halogenated alkanes) is 12. The number of hydrogen-bond donors (Lipinski definition) is 7. The van der Waals surface area contributed by atoms with Gasteiger partial charge in [-0.25, -0.2) is 9.13 Å². The molecule has 370 valence electrons. The summed E-state index contributed by atoms with van der Waals surface area (Å²) in [4.78, 5) is 54.2. The zero-order valence-corrected chi connectivity index (χ0v) is 39.7. The molecule has 0 aromatic rings. The Morgan fingerprint density at radius 2 is 1.11 bits per heavy atom. The smallest absolute Gasteiger partial charge is 0.462 e. The van der Waals surface area contributed by atoms with Gasteiger partial charge < -0.3 is 49.3 Å². The maximum absolute atomic E-state index is 13.0. The summed E-state index contributed by atoms with van der Waals surface area (Å²) in [6, 6.07) is 0. The van der Waals surface area contributed by atoms with Crippen LogP contribution in [0.25, 0.3) is 0 Å². The molecule has 1 aliphatic carbocycles. The zero-order valence-electron chi connectivity index (χ0n) is 37.9. The molecular weight excluding hydrogens is 874 g/mol. The van der Waals surface area contributed by atoms with E-state index >= 15 is 0 Å². The van der Waals surface area contributed by atoms with Crippen molar-refractivity contribution in [1.82, 2.24) is 0 Å². The molecule has 1 saturated heterocycles. The first-order valence-electron chi connectivity index (χ1n) is 23.3. The predicted molar refractivity (Wildman–Crippen MR) is 241 cm³/mol. The SMILES string of the molecule is CCCCCC/C=C\CCCCCCCC(=O)O[C@H](COC(=O)CCC/C=C\C/C=C\C/C=C\CC1OC1CCCCC)COP(=O)(O)O[C@H]1C(O)C(O)C(O)[C@@H](OP(=O)(O)O)C1O. The second-order valence-corrected chi connectivity index (χ2v) is 19.1. The molecule has 2 aliphatic rings. The molecule has 1 saturated carbocycles. The number of phosphoric acid groups is 2. The summed E-state index contributed by atoms with van der Waals surface area (Å²) in [6.07, 6.45) is 22.6. The third kappa shape index (κ3) is 26.9. The van der Waals surface area contributed by atoms with Crippen LogP contribution in [0.1, 0.15) is 155 Å². The molecule has 0 amide bonds. The lowest BCUT2D eigenvalue weighted by atomic mass is 9.85. The van der Waals surface area contributed by atoms with E-state index in [0.717, 1.165) is 64.2 Å². The van der Waals surface area contributed by atoms with Crippen LogP contribution in [-0.4, -0.2) is 115 Å². The van der Waals surface area contributed by atoms with Gasteiger partial charge in [-0.3, -0.25) is 23.2 Å². The van der Waals surface area contributed by atoms with E-state index in [2.05, 4.69) is 54.8 Å². The standard InChI is InChI=1S/C45H78O17P2/c1-3-5-7-8-9-10-11-12-13-18-21-24-28-32-39(47)59-35(34-58-64(55,56)62-45-42(50)40(48)41(49)44(43(45)51)61-63(52,53)54)33-57-38(46)31-27-23-20-17-15-14-16-19-22-26-30-37-36(60-37)29-25-6-4-2/h10-11,14,16-17,20,22,26,35-37,40-45,48-51H,3-9,12-13,15,18-19,21,23-25,27-34H2,1-2H3,(H,55,56)(H2,52,53,54)/b11-10-,16-14-,20-17-,26-22-/t35-,36?,37?,40?,41?,42?,43?,44-,45+/m1/s1. The van der Waals surface area contributed by atoms with Crippen LogP contribution in [0, 0.1) is 0 Å². The van der Waals surface area contributed by atoms with Crippen LogP contribution in [-0.2, 0) is 46.5 Å². The lowest BCUT2D eigenvalue weighted by Crippen LogP contribution is -2.64. The zero-order chi connectivity index (χ0) is 47.2. The van der Waals surface area contributed by atoms with Gasteiger partial charge in [-0.05, 0) is 70.6 Å². The van der Waals surface area contributed by atoms with Crippen LogP contribution in [0.4, 0.5) is 0 Å². The molecule has 2 rings (SSSR count). The normalized spacial score (nSPS) is 25.4. The lowest BCUT2D eigenvalue weighted by Gasteiger charge is -2.43. The predicted octanol–water partition coefficient (Wildman–Crippen LogP) is 7.49. The molecule has 1 aliphatic heterocycles. The first-order chi connectivity index (χ1) is 30.6. The first kappa shape index (κ1) is 58.0. The van der Waals surface area contributed by atoms with Gasteiger partial charge in [-0.2, -0.15) is 0 Å². The number of aliphatic hydroxyl groups is 4. The third-order valence-corrected chi connectivity index (χ3v) is 12.3. The van der Waals surface area contributed by atoms with Crippen LogP contribution in [0.5, 0.6) is 0 Å². The molecule has 7 unspecified atom stereocenters. The lowest BCUT2D eigenvalue weighted by molar-refractivity contribution is -0.216. The Balaban J connectivity index is 1.82. The molecule has 0 bridgehead atoms. The number of aliphatic hydroxyl groups excluding tert-OH is 4. The second-order valence-electron chi connectivity index (χ2n) is 16.5. The number of epoxide rings is 1. The maximum atomic E-state index is 13.0. The summed E-state index contributed by atoms with van der Waals surface area (Å²) in [5, 5.41) is 41.2. The molecule has 0 spiro atoms. The summed E-state index contributed by atoms with van der Waals surface area (Å²) in [5.74, 6) is -1.29. The van der Waals surface area contributed by atoms with Crippen LogP contribution in [0.15, 0.2) is 48.6 Å². The van der Waals surface area contributed by atoms with Crippen LogP contribution >= 0.6 is 15.6 Å². The summed E-state index contributed by atoms with van der Waals surface area (Å²) in [6.45, 7) is 2.99. The topological polar surface area (TPSA) is 269 Å². The Hall–Kier alpha value is -2.08. The Bertz CT molecular complexity index is 1500. The van der Waals surface area contributed by atoms with Crippen molar-refractivity contribution in [2.75, 3.05) is 13.2 Å². The van der Waals surface area contributed by atoms with E-state index in [4.69, 9.17) is 33.0 Å². The number of ether oxygens (including phenoxy) is 3. The van der Waals surface area contributed by atoms with E-state index in [1.54, 1.807) is 0 Å². The van der Waals surface area contributed by atoms with Crippen molar-refractivity contribution in [3.8, 4) is 0 Å². The fourth-order valence-corrected chi connectivity index (χ4v) is 8.59. The van der Waals surface area contributed by atoms with Crippen molar-refractivity contribution in [3.05, 3.63) is 48.6 Å². The molecular formula is C45H78O17P2. The van der Waals surface area contributed by atoms with Crippen molar-refractivity contribution in [2.24, 2.45) is 0 Å². The summed E-state index contributed by atoms with van der Waals surface area (Å²) < 4.78 is 55.0. The average molecular weight is 953 g/mol. The van der Waals surface area contributed by atoms with Gasteiger partial charge in [0.15, 0.2) is 6.10 Å². The summed E-state index contributed by atoms with van der Waals surface area (Å²) in [5.41, 5.74) is 0. The van der Waals surface area contributed by atoms with Gasteiger partial charge in [0.2, 0.25) is 0 Å². The minimum Gasteiger partial charge on any atom is -0.462 e. The number of esters is 2. The molecule has 0 aromatic carbocycles. The molecule has 10 atom stereocenters. The Labute approximate surface area is 380 Å². The highest BCUT2D eigenvalue weighted by Crippen LogP contribution is 2.49. The molecule has 64 heavy (non-hydrogen) atoms. The third-order valence-electron chi connectivity index (χ3n) is 10.8. The van der Waals surface area contributed by atoms with Crippen molar-refractivity contribution < 1.29 is 81.6 Å². The Morgan fingerprint density at radius 1 is 0.578 bits per heavy atom. The molecule has 2 fully saturated rings. The highest BCUT2D eigenvalue weighted by Gasteiger charge is 2.54. The van der Waals surface area contributed by atoms with Gasteiger partial charge in [0, 0.05) is 12.8 Å². The van der Waals surface area contributed by atoms with Crippen molar-refractivity contribution in [2.45, 2.75) is 210 Å². The van der Waals surface area contributed by atoms with Crippen LogP contribution < -0.4 is 0 Å². The number of phosphoric ester groups is 2. The minimum atomic E-state index is -5.37. The molecule has 17 nitrogen and oxygen atoms in total. The van der Waals surface area contributed by atoms with E-state index in [0.29, 0.717) is 31.5 Å². The van der Waals surface area contributed by atoms with E-state index in [-0.39, 0.29) is 12.8 Å². The monoisotopic (exact) mass is 952 g/mol. The summed E-state index contributed by atoms with van der Waals surface area (Å²) >= 11 is 0. The molecule has 0 aromatic heterocycles. The van der Waals surface area contributed by atoms with E-state index in [1.807, 2.05) is 12.2 Å². The van der Waals surface area contributed by atoms with Crippen molar-refractivity contribution >= 4 is 27.6 Å². The molecule has 19 heteroatoms. The fraction of sp³-hybridized carbons (Fsp3) is 0.778.